The summed E-state index contributed by atoms with van der Waals surface area (Å²) in [6.45, 7) is 4.10. The summed E-state index contributed by atoms with van der Waals surface area (Å²) in [5.41, 5.74) is 2.59. The number of allylic oxidation sites excluding steroid dienone is 1. The predicted octanol–water partition coefficient (Wildman–Crippen LogP) is 1.60. The molecule has 0 saturated heterocycles. The second-order valence-electron chi connectivity index (χ2n) is 2.30. The van der Waals surface area contributed by atoms with Crippen molar-refractivity contribution < 1.29 is 0 Å². The van der Waals surface area contributed by atoms with E-state index in [9.17, 15) is 0 Å². The number of hydrogen-bond acceptors (Lipinski definition) is 3. The van der Waals surface area contributed by atoms with Gasteiger partial charge in [0.25, 0.3) is 0 Å². The van der Waals surface area contributed by atoms with E-state index in [2.05, 4.69) is 17.2 Å². The van der Waals surface area contributed by atoms with Gasteiger partial charge in [0, 0.05) is 11.9 Å². The number of aliphatic imine (C=N–C) groups is 1. The van der Waals surface area contributed by atoms with Gasteiger partial charge < -0.3 is 5.32 Å². The van der Waals surface area contributed by atoms with Gasteiger partial charge in [0.05, 0.1) is 0 Å². The Morgan fingerprint density at radius 1 is 1.60 bits per heavy atom. The maximum absolute atomic E-state index is 4.38. The number of nitrogens with zero attached hydrogens (tertiary/aromatic N) is 1. The molecule has 56 valence electrons. The molecule has 1 aliphatic rings. The van der Waals surface area contributed by atoms with Gasteiger partial charge in [-0.1, -0.05) is 0 Å². The minimum atomic E-state index is 0.226. The maximum atomic E-state index is 4.38. The Hall–Kier alpha value is -0.440. The fourth-order valence-electron chi connectivity index (χ4n) is 0.736. The molecule has 1 unspecified atom stereocenters. The normalized spacial score (nSPS) is 24.9. The van der Waals surface area contributed by atoms with Gasteiger partial charge in [-0.15, -0.1) is 11.8 Å². The summed E-state index contributed by atoms with van der Waals surface area (Å²) >= 11 is 1.71. The minimum absolute atomic E-state index is 0.226. The molecule has 10 heavy (non-hydrogen) atoms. The Balaban J connectivity index is 2.66. The summed E-state index contributed by atoms with van der Waals surface area (Å²) in [4.78, 5) is 4.38. The van der Waals surface area contributed by atoms with Gasteiger partial charge in [-0.25, -0.2) is 0 Å². The average molecular weight is 156 g/mol. The van der Waals surface area contributed by atoms with Gasteiger partial charge in [0.1, 0.15) is 0 Å². The van der Waals surface area contributed by atoms with Crippen LogP contribution >= 0.6 is 11.8 Å². The van der Waals surface area contributed by atoms with Gasteiger partial charge in [0.15, 0.2) is 5.50 Å². The lowest BCUT2D eigenvalue weighted by Gasteiger charge is -2.17. The van der Waals surface area contributed by atoms with Crippen molar-refractivity contribution >= 4 is 17.5 Å². The smallest absolute Gasteiger partial charge is 0.166 e. The van der Waals surface area contributed by atoms with E-state index in [1.54, 1.807) is 11.8 Å². The topological polar surface area (TPSA) is 24.4 Å². The highest BCUT2D eigenvalue weighted by Crippen LogP contribution is 2.11. The average Bonchev–Trinajstić information content (AvgIpc) is 1.95. The summed E-state index contributed by atoms with van der Waals surface area (Å²) in [6.07, 6.45) is 4.06. The third kappa shape index (κ3) is 1.53. The first-order chi connectivity index (χ1) is 4.74. The highest BCUT2D eigenvalue weighted by Gasteiger charge is 2.07. The van der Waals surface area contributed by atoms with Crippen LogP contribution in [0.4, 0.5) is 0 Å². The van der Waals surface area contributed by atoms with E-state index in [1.165, 1.54) is 5.57 Å². The first-order valence-corrected chi connectivity index (χ1v) is 4.53. The van der Waals surface area contributed by atoms with Crippen molar-refractivity contribution in [2.24, 2.45) is 4.99 Å². The lowest BCUT2D eigenvalue weighted by atomic mass is 10.2. The lowest BCUT2D eigenvalue weighted by Crippen LogP contribution is -2.24. The standard InChI is InChI=1S/C7H12N2S/c1-5-4-8-7(10-3)9-6(5)2/h4,7-8H,1-3H3. The lowest BCUT2D eigenvalue weighted by molar-refractivity contribution is 0.804. The van der Waals surface area contributed by atoms with Crippen molar-refractivity contribution in [3.8, 4) is 0 Å². The van der Waals surface area contributed by atoms with Crippen molar-refractivity contribution in [2.45, 2.75) is 19.3 Å². The second-order valence-corrected chi connectivity index (χ2v) is 3.21. The highest BCUT2D eigenvalue weighted by atomic mass is 32.2. The summed E-state index contributed by atoms with van der Waals surface area (Å²) in [6, 6.07) is 0. The summed E-state index contributed by atoms with van der Waals surface area (Å²) < 4.78 is 0. The van der Waals surface area contributed by atoms with Crippen molar-refractivity contribution in [1.82, 2.24) is 5.32 Å². The van der Waals surface area contributed by atoms with Crippen LogP contribution in [0.2, 0.25) is 0 Å². The van der Waals surface area contributed by atoms with Gasteiger partial charge in [0.2, 0.25) is 0 Å². The highest BCUT2D eigenvalue weighted by molar-refractivity contribution is 7.99. The number of rotatable bonds is 1. The van der Waals surface area contributed by atoms with Crippen molar-refractivity contribution in [1.29, 1.82) is 0 Å². The molecule has 1 N–H and O–H groups in total. The van der Waals surface area contributed by atoms with Crippen LogP contribution < -0.4 is 5.32 Å². The Labute approximate surface area is 65.8 Å². The van der Waals surface area contributed by atoms with Crippen LogP contribution in [0.5, 0.6) is 0 Å². The van der Waals surface area contributed by atoms with Crippen LogP contribution in [0.3, 0.4) is 0 Å². The predicted molar refractivity (Wildman–Crippen MR) is 47.3 cm³/mol. The monoisotopic (exact) mass is 156 g/mol. The molecule has 0 bridgehead atoms. The van der Waals surface area contributed by atoms with Gasteiger partial charge in [-0.05, 0) is 25.7 Å². The third-order valence-corrected chi connectivity index (χ3v) is 2.24. The van der Waals surface area contributed by atoms with Crippen LogP contribution in [0.1, 0.15) is 13.8 Å². The zero-order valence-corrected chi connectivity index (χ0v) is 7.33. The molecule has 0 aromatic rings. The fraction of sp³-hybridized carbons (Fsp3) is 0.571. The molecule has 0 radical (unpaired) electrons. The molecular weight excluding hydrogens is 144 g/mol. The number of hydrogen-bond donors (Lipinski definition) is 1. The molecule has 1 rings (SSSR count). The van der Waals surface area contributed by atoms with Crippen molar-refractivity contribution in [2.75, 3.05) is 6.26 Å². The molecule has 0 amide bonds. The van der Waals surface area contributed by atoms with E-state index in [1.807, 2.05) is 19.4 Å². The zero-order chi connectivity index (χ0) is 7.56. The van der Waals surface area contributed by atoms with Gasteiger partial charge >= 0.3 is 0 Å². The van der Waals surface area contributed by atoms with Crippen LogP contribution in [0, 0.1) is 0 Å². The zero-order valence-electron chi connectivity index (χ0n) is 6.51. The Bertz CT molecular complexity index is 184. The molecule has 2 nitrogen and oxygen atoms in total. The van der Waals surface area contributed by atoms with E-state index < -0.39 is 0 Å². The molecule has 0 aromatic heterocycles. The largest absolute Gasteiger partial charge is 0.361 e. The van der Waals surface area contributed by atoms with Crippen LogP contribution in [-0.2, 0) is 0 Å². The van der Waals surface area contributed by atoms with Gasteiger partial charge in [-0.3, -0.25) is 4.99 Å². The molecule has 1 aliphatic heterocycles. The quantitative estimate of drug-likeness (QED) is 0.623. The summed E-state index contributed by atoms with van der Waals surface area (Å²) in [5, 5.41) is 3.16. The van der Waals surface area contributed by atoms with Gasteiger partial charge in [-0.2, -0.15) is 0 Å². The number of nitrogens with one attached hydrogen (secondary N) is 1. The Morgan fingerprint density at radius 2 is 2.30 bits per heavy atom. The molecule has 0 aliphatic carbocycles. The second kappa shape index (κ2) is 3.10. The number of thioether (sulfide) groups is 1. The van der Waals surface area contributed by atoms with E-state index in [-0.39, 0.29) is 5.50 Å². The SMILES string of the molecule is CSC1N=C(C)C(C)=CN1. The van der Waals surface area contributed by atoms with E-state index in [0.717, 1.165) is 5.71 Å². The Kier molecular flexibility index (Phi) is 2.38. The maximum Gasteiger partial charge on any atom is 0.166 e. The minimum Gasteiger partial charge on any atom is -0.361 e. The molecular formula is C7H12N2S. The van der Waals surface area contributed by atoms with Crippen molar-refractivity contribution in [3.05, 3.63) is 11.8 Å². The van der Waals surface area contributed by atoms with E-state index >= 15 is 0 Å². The molecule has 3 heteroatoms. The molecule has 0 aromatic carbocycles. The van der Waals surface area contributed by atoms with Crippen LogP contribution in [0.25, 0.3) is 0 Å². The first-order valence-electron chi connectivity index (χ1n) is 3.24. The van der Waals surface area contributed by atoms with Crippen LogP contribution in [-0.4, -0.2) is 17.5 Å². The Morgan fingerprint density at radius 3 is 2.80 bits per heavy atom. The van der Waals surface area contributed by atoms with Crippen molar-refractivity contribution in [3.63, 3.8) is 0 Å². The van der Waals surface area contributed by atoms with E-state index in [4.69, 9.17) is 0 Å². The fourth-order valence-corrected chi connectivity index (χ4v) is 1.20. The molecule has 0 saturated carbocycles. The molecule has 1 heterocycles. The third-order valence-electron chi connectivity index (χ3n) is 1.55. The first kappa shape index (κ1) is 7.66. The molecule has 1 atom stereocenters. The summed E-state index contributed by atoms with van der Waals surface area (Å²) in [5.74, 6) is 0. The van der Waals surface area contributed by atoms with Crippen LogP contribution in [0.15, 0.2) is 16.8 Å². The molecule has 0 fully saturated rings. The van der Waals surface area contributed by atoms with E-state index in [0.29, 0.717) is 0 Å². The summed E-state index contributed by atoms with van der Waals surface area (Å²) in [7, 11) is 0. The molecule has 0 spiro atoms.